The first-order valence-corrected chi connectivity index (χ1v) is 6.32. The van der Waals surface area contributed by atoms with Gasteiger partial charge in [0.15, 0.2) is 0 Å². The molecule has 98 valence electrons. The Morgan fingerprint density at radius 1 is 1.41 bits per heavy atom. The van der Waals surface area contributed by atoms with Crippen LogP contribution >= 0.6 is 36.2 Å². The van der Waals surface area contributed by atoms with Crippen LogP contribution in [0.3, 0.4) is 0 Å². The van der Waals surface area contributed by atoms with Crippen LogP contribution in [-0.4, -0.2) is 31.1 Å². The van der Waals surface area contributed by atoms with E-state index in [4.69, 9.17) is 0 Å². The fourth-order valence-corrected chi connectivity index (χ4v) is 3.13. The first-order chi connectivity index (χ1) is 7.33. The fraction of sp³-hybridized carbons (Fsp3) is 0.500. The summed E-state index contributed by atoms with van der Waals surface area (Å²) in [7, 11) is 0. The molecule has 1 aliphatic rings. The van der Waals surface area contributed by atoms with Crippen molar-refractivity contribution in [1.82, 2.24) is 10.2 Å². The average molecular weight is 295 g/mol. The van der Waals surface area contributed by atoms with Gasteiger partial charge < -0.3 is 5.32 Å². The average Bonchev–Trinajstić information content (AvgIpc) is 2.68. The standard InChI is InChI=1S/C12H18N2S.2ClH/c1-3-11(12-10(2)4-9-15-12)14-7-5-13-6-8-14;;/h3-4,9,11,13H,1,5-8H2,2H3;2*1H/t11-;;/m1../s1. The maximum absolute atomic E-state index is 3.98. The molecule has 0 saturated carbocycles. The van der Waals surface area contributed by atoms with Crippen molar-refractivity contribution in [2.75, 3.05) is 26.2 Å². The lowest BCUT2D eigenvalue weighted by Gasteiger charge is -2.33. The van der Waals surface area contributed by atoms with Gasteiger partial charge in [-0.2, -0.15) is 0 Å². The third kappa shape index (κ3) is 3.97. The van der Waals surface area contributed by atoms with Gasteiger partial charge in [-0.3, -0.25) is 4.90 Å². The molecule has 17 heavy (non-hydrogen) atoms. The van der Waals surface area contributed by atoms with Gasteiger partial charge in [0.1, 0.15) is 0 Å². The molecular formula is C12H20Cl2N2S. The summed E-state index contributed by atoms with van der Waals surface area (Å²) >= 11 is 1.84. The topological polar surface area (TPSA) is 15.3 Å². The van der Waals surface area contributed by atoms with Gasteiger partial charge in [-0.25, -0.2) is 0 Å². The van der Waals surface area contributed by atoms with E-state index in [1.807, 2.05) is 11.3 Å². The van der Waals surface area contributed by atoms with Crippen molar-refractivity contribution < 1.29 is 0 Å². The molecule has 1 atom stereocenters. The predicted molar refractivity (Wildman–Crippen MR) is 80.9 cm³/mol. The molecule has 0 radical (unpaired) electrons. The molecule has 1 fully saturated rings. The molecule has 1 N–H and O–H groups in total. The minimum Gasteiger partial charge on any atom is -0.314 e. The summed E-state index contributed by atoms with van der Waals surface area (Å²) in [5, 5.41) is 5.55. The number of hydrogen-bond donors (Lipinski definition) is 1. The van der Waals surface area contributed by atoms with Crippen molar-refractivity contribution in [2.45, 2.75) is 13.0 Å². The molecule has 2 rings (SSSR count). The van der Waals surface area contributed by atoms with Crippen molar-refractivity contribution in [1.29, 1.82) is 0 Å². The number of aryl methyl sites for hydroxylation is 1. The molecule has 2 heterocycles. The van der Waals surface area contributed by atoms with E-state index in [1.165, 1.54) is 10.4 Å². The van der Waals surface area contributed by atoms with Gasteiger partial charge in [0, 0.05) is 31.1 Å². The highest BCUT2D eigenvalue weighted by atomic mass is 35.5. The van der Waals surface area contributed by atoms with Crippen molar-refractivity contribution in [2.24, 2.45) is 0 Å². The molecule has 1 saturated heterocycles. The maximum atomic E-state index is 3.98. The highest BCUT2D eigenvalue weighted by Crippen LogP contribution is 2.29. The second-order valence-electron chi connectivity index (χ2n) is 3.93. The Hall–Kier alpha value is -0.0600. The van der Waals surface area contributed by atoms with E-state index < -0.39 is 0 Å². The summed E-state index contributed by atoms with van der Waals surface area (Å²) in [6, 6.07) is 2.60. The number of rotatable bonds is 3. The number of piperazine rings is 1. The minimum atomic E-state index is 0. The third-order valence-electron chi connectivity index (χ3n) is 2.94. The lowest BCUT2D eigenvalue weighted by Crippen LogP contribution is -2.44. The zero-order valence-electron chi connectivity index (χ0n) is 10.0. The maximum Gasteiger partial charge on any atom is 0.0626 e. The van der Waals surface area contributed by atoms with Gasteiger partial charge in [-0.1, -0.05) is 6.08 Å². The molecule has 0 aromatic carbocycles. The van der Waals surface area contributed by atoms with E-state index in [1.54, 1.807) is 0 Å². The van der Waals surface area contributed by atoms with E-state index in [9.17, 15) is 0 Å². The van der Waals surface area contributed by atoms with E-state index >= 15 is 0 Å². The van der Waals surface area contributed by atoms with Gasteiger partial charge in [0.2, 0.25) is 0 Å². The van der Waals surface area contributed by atoms with Gasteiger partial charge in [-0.15, -0.1) is 42.7 Å². The summed E-state index contributed by atoms with van der Waals surface area (Å²) in [6.07, 6.45) is 2.07. The normalized spacial score (nSPS) is 17.7. The molecule has 2 nitrogen and oxygen atoms in total. The van der Waals surface area contributed by atoms with E-state index in [2.05, 4.69) is 41.2 Å². The Balaban J connectivity index is 0.00000128. The molecule has 0 amide bonds. The van der Waals surface area contributed by atoms with E-state index in [-0.39, 0.29) is 24.8 Å². The highest BCUT2D eigenvalue weighted by Gasteiger charge is 2.21. The number of nitrogens with one attached hydrogen (secondary N) is 1. The van der Waals surface area contributed by atoms with Gasteiger partial charge in [0.25, 0.3) is 0 Å². The molecule has 5 heteroatoms. The zero-order valence-corrected chi connectivity index (χ0v) is 12.5. The molecule has 1 aliphatic heterocycles. The second-order valence-corrected chi connectivity index (χ2v) is 4.88. The fourth-order valence-electron chi connectivity index (χ4n) is 2.07. The van der Waals surface area contributed by atoms with Crippen molar-refractivity contribution in [3.8, 4) is 0 Å². The highest BCUT2D eigenvalue weighted by molar-refractivity contribution is 7.10. The molecule has 0 spiro atoms. The van der Waals surface area contributed by atoms with Crippen LogP contribution in [0.5, 0.6) is 0 Å². The second kappa shape index (κ2) is 8.11. The zero-order chi connectivity index (χ0) is 10.7. The molecule has 0 aliphatic carbocycles. The summed E-state index contributed by atoms with van der Waals surface area (Å²) in [4.78, 5) is 3.95. The largest absolute Gasteiger partial charge is 0.314 e. The van der Waals surface area contributed by atoms with Crippen LogP contribution in [0.15, 0.2) is 24.1 Å². The molecule has 0 unspecified atom stereocenters. The summed E-state index contributed by atoms with van der Waals surface area (Å²) in [6.45, 7) is 10.6. The Labute approximate surface area is 120 Å². The quantitative estimate of drug-likeness (QED) is 0.862. The van der Waals surface area contributed by atoms with E-state index in [0.717, 1.165) is 26.2 Å². The Kier molecular flexibility index (Phi) is 8.09. The lowest BCUT2D eigenvalue weighted by molar-refractivity contribution is 0.205. The van der Waals surface area contributed by atoms with Crippen LogP contribution in [0.2, 0.25) is 0 Å². The number of halogens is 2. The molecule has 1 aromatic heterocycles. The van der Waals surface area contributed by atoms with Crippen LogP contribution in [0.25, 0.3) is 0 Å². The van der Waals surface area contributed by atoms with Crippen LogP contribution in [-0.2, 0) is 0 Å². The smallest absolute Gasteiger partial charge is 0.0626 e. The summed E-state index contributed by atoms with van der Waals surface area (Å²) < 4.78 is 0. The first kappa shape index (κ1) is 16.9. The summed E-state index contributed by atoms with van der Waals surface area (Å²) in [5.41, 5.74) is 1.39. The van der Waals surface area contributed by atoms with Gasteiger partial charge in [-0.05, 0) is 23.9 Å². The predicted octanol–water partition coefficient (Wildman–Crippen LogP) is 3.03. The Bertz CT molecular complexity index is 335. The van der Waals surface area contributed by atoms with Crippen LogP contribution < -0.4 is 5.32 Å². The molecular weight excluding hydrogens is 275 g/mol. The van der Waals surface area contributed by atoms with Crippen molar-refractivity contribution in [3.63, 3.8) is 0 Å². The van der Waals surface area contributed by atoms with Crippen LogP contribution in [0.1, 0.15) is 16.5 Å². The van der Waals surface area contributed by atoms with E-state index in [0.29, 0.717) is 6.04 Å². The summed E-state index contributed by atoms with van der Waals surface area (Å²) in [5.74, 6) is 0. The number of hydrogen-bond acceptors (Lipinski definition) is 3. The first-order valence-electron chi connectivity index (χ1n) is 5.44. The van der Waals surface area contributed by atoms with Crippen molar-refractivity contribution >= 4 is 36.2 Å². The number of thiophene rings is 1. The molecule has 0 bridgehead atoms. The Morgan fingerprint density at radius 2 is 2.06 bits per heavy atom. The Morgan fingerprint density at radius 3 is 2.53 bits per heavy atom. The molecule has 1 aromatic rings. The van der Waals surface area contributed by atoms with Gasteiger partial charge in [0.05, 0.1) is 6.04 Å². The third-order valence-corrected chi connectivity index (χ3v) is 4.03. The van der Waals surface area contributed by atoms with Crippen LogP contribution in [0.4, 0.5) is 0 Å². The lowest BCUT2D eigenvalue weighted by atomic mass is 10.1. The van der Waals surface area contributed by atoms with Gasteiger partial charge >= 0.3 is 0 Å². The monoisotopic (exact) mass is 294 g/mol. The SMILES string of the molecule is C=C[C@H](c1sccc1C)N1CCNCC1.Cl.Cl. The van der Waals surface area contributed by atoms with Crippen LogP contribution in [0, 0.1) is 6.92 Å². The van der Waals surface area contributed by atoms with Crippen molar-refractivity contribution in [3.05, 3.63) is 34.5 Å². The number of nitrogens with zero attached hydrogens (tertiary/aromatic N) is 1. The minimum absolute atomic E-state index is 0.